The van der Waals surface area contributed by atoms with E-state index < -0.39 is 0 Å². The van der Waals surface area contributed by atoms with Gasteiger partial charge >= 0.3 is 0 Å². The van der Waals surface area contributed by atoms with E-state index in [1.807, 2.05) is 12.1 Å². The molecule has 1 fully saturated rings. The smallest absolute Gasteiger partial charge is 0.115 e. The average molecular weight is 345 g/mol. The highest BCUT2D eigenvalue weighted by Crippen LogP contribution is 2.40. The Morgan fingerprint density at radius 3 is 2.38 bits per heavy atom. The zero-order chi connectivity index (χ0) is 14.7. The predicted octanol–water partition coefficient (Wildman–Crippen LogP) is 5.28. The van der Waals surface area contributed by atoms with Crippen molar-refractivity contribution in [2.45, 2.75) is 36.4 Å². The van der Waals surface area contributed by atoms with E-state index in [-0.39, 0.29) is 0 Å². The number of benzene rings is 2. The van der Waals surface area contributed by atoms with Crippen molar-refractivity contribution in [2.75, 3.05) is 0 Å². The highest BCUT2D eigenvalue weighted by molar-refractivity contribution is 9.09. The molecule has 3 unspecified atom stereocenters. The Morgan fingerprint density at radius 1 is 0.952 bits per heavy atom. The van der Waals surface area contributed by atoms with Crippen molar-refractivity contribution in [3.05, 3.63) is 65.7 Å². The SMILES string of the molecule is Oc1ccc(CC2CC(c3ccccc3)CCC2Br)cc1. The molecule has 2 aromatic rings. The first kappa shape index (κ1) is 14.6. The molecule has 0 heterocycles. The van der Waals surface area contributed by atoms with E-state index in [1.165, 1.54) is 30.4 Å². The molecule has 1 N–H and O–H groups in total. The van der Waals surface area contributed by atoms with Gasteiger partial charge in [-0.2, -0.15) is 0 Å². The highest BCUT2D eigenvalue weighted by Gasteiger charge is 2.29. The van der Waals surface area contributed by atoms with Gasteiger partial charge in [0.15, 0.2) is 0 Å². The van der Waals surface area contributed by atoms with E-state index in [4.69, 9.17) is 0 Å². The number of phenolic OH excluding ortho intramolecular Hbond substituents is 1. The van der Waals surface area contributed by atoms with E-state index in [0.29, 0.717) is 22.4 Å². The van der Waals surface area contributed by atoms with Crippen molar-refractivity contribution in [2.24, 2.45) is 5.92 Å². The lowest BCUT2D eigenvalue weighted by atomic mass is 9.76. The number of aromatic hydroxyl groups is 1. The lowest BCUT2D eigenvalue weighted by Crippen LogP contribution is -2.25. The van der Waals surface area contributed by atoms with Gasteiger partial charge in [-0.05, 0) is 60.8 Å². The van der Waals surface area contributed by atoms with Gasteiger partial charge in [0.2, 0.25) is 0 Å². The lowest BCUT2D eigenvalue weighted by Gasteiger charge is -2.33. The number of rotatable bonds is 3. The minimum absolute atomic E-state index is 0.347. The molecule has 0 saturated heterocycles. The van der Waals surface area contributed by atoms with Crippen LogP contribution in [-0.2, 0) is 6.42 Å². The molecule has 3 atom stereocenters. The first-order chi connectivity index (χ1) is 10.2. The first-order valence-electron chi connectivity index (χ1n) is 7.69. The first-order valence-corrected chi connectivity index (χ1v) is 8.61. The van der Waals surface area contributed by atoms with Crippen LogP contribution in [0.1, 0.15) is 36.3 Å². The molecule has 2 aromatic carbocycles. The number of halogens is 1. The Labute approximate surface area is 135 Å². The number of hydrogen-bond donors (Lipinski definition) is 1. The van der Waals surface area contributed by atoms with Crippen LogP contribution in [0.5, 0.6) is 5.75 Å². The summed E-state index contributed by atoms with van der Waals surface area (Å²) in [4.78, 5) is 0.603. The summed E-state index contributed by atoms with van der Waals surface area (Å²) in [6, 6.07) is 18.6. The Hall–Kier alpha value is -1.28. The van der Waals surface area contributed by atoms with E-state index in [9.17, 15) is 5.11 Å². The topological polar surface area (TPSA) is 20.2 Å². The van der Waals surface area contributed by atoms with Gasteiger partial charge in [-0.15, -0.1) is 0 Å². The van der Waals surface area contributed by atoms with Crippen LogP contribution in [0.25, 0.3) is 0 Å². The Balaban J connectivity index is 1.70. The van der Waals surface area contributed by atoms with E-state index >= 15 is 0 Å². The maximum Gasteiger partial charge on any atom is 0.115 e. The summed E-state index contributed by atoms with van der Waals surface area (Å²) in [6.45, 7) is 0. The quantitative estimate of drug-likeness (QED) is 0.750. The van der Waals surface area contributed by atoms with Crippen LogP contribution in [0.4, 0.5) is 0 Å². The Bertz CT molecular complexity index is 564. The second-order valence-electron chi connectivity index (χ2n) is 6.07. The molecule has 110 valence electrons. The maximum absolute atomic E-state index is 9.40. The fraction of sp³-hybridized carbons (Fsp3) is 0.368. The third-order valence-electron chi connectivity index (χ3n) is 4.59. The van der Waals surface area contributed by atoms with Gasteiger partial charge in [-0.1, -0.05) is 58.4 Å². The molecule has 0 radical (unpaired) electrons. The summed E-state index contributed by atoms with van der Waals surface area (Å²) in [5.74, 6) is 1.69. The minimum Gasteiger partial charge on any atom is -0.508 e. The molecule has 3 rings (SSSR count). The molecule has 0 bridgehead atoms. The summed E-state index contributed by atoms with van der Waals surface area (Å²) in [6.07, 6.45) is 4.83. The second kappa shape index (κ2) is 6.65. The molecule has 0 aliphatic heterocycles. The van der Waals surface area contributed by atoms with Gasteiger partial charge in [-0.25, -0.2) is 0 Å². The van der Waals surface area contributed by atoms with Crippen LogP contribution in [0.3, 0.4) is 0 Å². The van der Waals surface area contributed by atoms with Crippen molar-refractivity contribution >= 4 is 15.9 Å². The van der Waals surface area contributed by atoms with Crippen LogP contribution in [-0.4, -0.2) is 9.93 Å². The molecule has 1 aliphatic rings. The van der Waals surface area contributed by atoms with Crippen molar-refractivity contribution in [1.82, 2.24) is 0 Å². The zero-order valence-corrected chi connectivity index (χ0v) is 13.7. The average Bonchev–Trinajstić information content (AvgIpc) is 2.52. The number of alkyl halides is 1. The van der Waals surface area contributed by atoms with E-state index in [1.54, 1.807) is 12.1 Å². The summed E-state index contributed by atoms with van der Waals surface area (Å²) in [5.41, 5.74) is 2.79. The molecule has 0 amide bonds. The maximum atomic E-state index is 9.40. The van der Waals surface area contributed by atoms with Crippen LogP contribution < -0.4 is 0 Å². The molecular formula is C19H21BrO. The molecular weight excluding hydrogens is 324 g/mol. The highest BCUT2D eigenvalue weighted by atomic mass is 79.9. The van der Waals surface area contributed by atoms with Crippen LogP contribution >= 0.6 is 15.9 Å². The minimum atomic E-state index is 0.347. The summed E-state index contributed by atoms with van der Waals surface area (Å²) in [5, 5.41) is 9.40. The molecule has 1 aliphatic carbocycles. The van der Waals surface area contributed by atoms with Crippen LogP contribution in [0.15, 0.2) is 54.6 Å². The van der Waals surface area contributed by atoms with Crippen LogP contribution in [0, 0.1) is 5.92 Å². The van der Waals surface area contributed by atoms with Crippen molar-refractivity contribution in [1.29, 1.82) is 0 Å². The molecule has 0 aromatic heterocycles. The van der Waals surface area contributed by atoms with Gasteiger partial charge in [-0.3, -0.25) is 0 Å². The fourth-order valence-electron chi connectivity index (χ4n) is 3.40. The number of hydrogen-bond acceptors (Lipinski definition) is 1. The summed E-state index contributed by atoms with van der Waals surface area (Å²) in [7, 11) is 0. The summed E-state index contributed by atoms with van der Waals surface area (Å²) >= 11 is 3.88. The Kier molecular flexibility index (Phi) is 4.64. The molecule has 1 saturated carbocycles. The summed E-state index contributed by atoms with van der Waals surface area (Å²) < 4.78 is 0. The second-order valence-corrected chi connectivity index (χ2v) is 7.24. The third-order valence-corrected chi connectivity index (χ3v) is 5.80. The van der Waals surface area contributed by atoms with Gasteiger partial charge < -0.3 is 5.11 Å². The number of phenols is 1. The van der Waals surface area contributed by atoms with Crippen molar-refractivity contribution in [3.63, 3.8) is 0 Å². The lowest BCUT2D eigenvalue weighted by molar-refractivity contribution is 0.335. The molecule has 1 nitrogen and oxygen atoms in total. The van der Waals surface area contributed by atoms with Gasteiger partial charge in [0, 0.05) is 4.83 Å². The normalized spacial score (nSPS) is 25.7. The predicted molar refractivity (Wildman–Crippen MR) is 91.0 cm³/mol. The van der Waals surface area contributed by atoms with Crippen molar-refractivity contribution in [3.8, 4) is 5.75 Å². The monoisotopic (exact) mass is 344 g/mol. The van der Waals surface area contributed by atoms with Gasteiger partial charge in [0.05, 0.1) is 0 Å². The largest absolute Gasteiger partial charge is 0.508 e. The van der Waals surface area contributed by atoms with Crippen LogP contribution in [0.2, 0.25) is 0 Å². The molecule has 21 heavy (non-hydrogen) atoms. The Morgan fingerprint density at radius 2 is 1.67 bits per heavy atom. The zero-order valence-electron chi connectivity index (χ0n) is 12.1. The van der Waals surface area contributed by atoms with E-state index in [0.717, 1.165) is 6.42 Å². The fourth-order valence-corrected chi connectivity index (χ4v) is 4.07. The van der Waals surface area contributed by atoms with Gasteiger partial charge in [0.1, 0.15) is 5.75 Å². The third kappa shape index (κ3) is 3.68. The van der Waals surface area contributed by atoms with Crippen molar-refractivity contribution < 1.29 is 5.11 Å². The molecule has 0 spiro atoms. The molecule has 2 heteroatoms. The van der Waals surface area contributed by atoms with E-state index in [2.05, 4.69) is 46.3 Å². The standard InChI is InChI=1S/C19H21BrO/c20-19-11-8-16(15-4-2-1-3-5-15)13-17(19)12-14-6-9-18(21)10-7-14/h1-7,9-10,16-17,19,21H,8,11-13H2. The van der Waals surface area contributed by atoms with Gasteiger partial charge in [0.25, 0.3) is 0 Å².